The fourth-order valence-electron chi connectivity index (χ4n) is 2.40. The number of carbonyl (C=O) groups is 1. The number of aromatic nitrogens is 1. The molecule has 0 radical (unpaired) electrons. The van der Waals surface area contributed by atoms with Gasteiger partial charge in [0, 0.05) is 47.6 Å². The lowest BCUT2D eigenvalue weighted by Crippen LogP contribution is -2.22. The molecule has 9 heteroatoms. The van der Waals surface area contributed by atoms with Gasteiger partial charge in [-0.25, -0.2) is 9.37 Å². The topological polar surface area (TPSA) is 85.4 Å². The molecule has 1 amide bonds. The predicted octanol–water partition coefficient (Wildman–Crippen LogP) is 3.84. The molecule has 0 aliphatic carbocycles. The molecule has 0 bridgehead atoms. The minimum absolute atomic E-state index is 0.0654. The van der Waals surface area contributed by atoms with E-state index in [0.717, 1.165) is 15.6 Å². The van der Waals surface area contributed by atoms with Crippen molar-refractivity contribution in [1.82, 2.24) is 10.3 Å². The summed E-state index contributed by atoms with van der Waals surface area (Å²) in [5.41, 5.74) is 2.06. The first-order valence-electron chi connectivity index (χ1n) is 8.73. The van der Waals surface area contributed by atoms with Crippen molar-refractivity contribution in [2.75, 3.05) is 11.4 Å². The van der Waals surface area contributed by atoms with Gasteiger partial charge < -0.3 is 14.2 Å². The molecule has 0 saturated carbocycles. The Morgan fingerprint density at radius 1 is 1.34 bits per heavy atom. The van der Waals surface area contributed by atoms with Gasteiger partial charge in [-0.15, -0.1) is 0 Å². The summed E-state index contributed by atoms with van der Waals surface area (Å²) in [5, 5.41) is 2.66. The van der Waals surface area contributed by atoms with Crippen LogP contribution in [0.2, 0.25) is 0 Å². The average molecular weight is 483 g/mol. The van der Waals surface area contributed by atoms with Gasteiger partial charge in [0.05, 0.1) is 5.69 Å². The van der Waals surface area contributed by atoms with Crippen molar-refractivity contribution in [2.45, 2.75) is 32.7 Å². The predicted molar refractivity (Wildman–Crippen MR) is 115 cm³/mol. The normalized spacial score (nSPS) is 12.8. The summed E-state index contributed by atoms with van der Waals surface area (Å²) in [4.78, 5) is 16.6. The van der Waals surface area contributed by atoms with Gasteiger partial charge in [-0.2, -0.15) is 0 Å². The molecule has 29 heavy (non-hydrogen) atoms. The van der Waals surface area contributed by atoms with E-state index in [4.69, 9.17) is 0 Å². The summed E-state index contributed by atoms with van der Waals surface area (Å²) >= 11 is 0.855. The fraction of sp³-hybridized carbons (Fsp3) is 0.300. The van der Waals surface area contributed by atoms with Gasteiger partial charge in [-0.05, 0) is 45.8 Å². The molecular formula is C20H22BrFN3O3S-. The first-order valence-corrected chi connectivity index (χ1v) is 10.6. The van der Waals surface area contributed by atoms with Crippen LogP contribution in [0.4, 0.5) is 10.1 Å². The Morgan fingerprint density at radius 2 is 2.03 bits per heavy atom. The molecule has 1 unspecified atom stereocenters. The van der Waals surface area contributed by atoms with E-state index in [-0.39, 0.29) is 23.6 Å². The number of halogens is 2. The van der Waals surface area contributed by atoms with Crippen LogP contribution >= 0.6 is 15.9 Å². The number of hydrogen-bond donors (Lipinski definition) is 1. The zero-order valence-electron chi connectivity index (χ0n) is 16.5. The lowest BCUT2D eigenvalue weighted by atomic mass is 9.91. The van der Waals surface area contributed by atoms with Crippen molar-refractivity contribution in [3.63, 3.8) is 0 Å². The number of pyridine rings is 1. The summed E-state index contributed by atoms with van der Waals surface area (Å²) < 4.78 is 37.3. The second-order valence-electron chi connectivity index (χ2n) is 7.38. The van der Waals surface area contributed by atoms with Gasteiger partial charge in [0.1, 0.15) is 10.4 Å². The molecule has 1 N–H and O–H groups in total. The molecule has 156 valence electrons. The highest BCUT2D eigenvalue weighted by molar-refractivity contribution is 9.10. The first kappa shape index (κ1) is 23.2. The number of amides is 1. The van der Waals surface area contributed by atoms with Crippen LogP contribution in [0.3, 0.4) is 0 Å². The highest BCUT2D eigenvalue weighted by atomic mass is 79.9. The van der Waals surface area contributed by atoms with Crippen molar-refractivity contribution >= 4 is 44.9 Å². The molecule has 1 atom stereocenters. The number of anilines is 1. The van der Waals surface area contributed by atoms with E-state index in [9.17, 15) is 17.9 Å². The Hall–Kier alpha value is -2.10. The van der Waals surface area contributed by atoms with Crippen LogP contribution in [0, 0.1) is 5.82 Å². The van der Waals surface area contributed by atoms with Crippen LogP contribution < -0.4 is 9.62 Å². The van der Waals surface area contributed by atoms with Gasteiger partial charge in [0.2, 0.25) is 5.91 Å². The van der Waals surface area contributed by atoms with Crippen LogP contribution in [-0.2, 0) is 28.0 Å². The SMILES string of the molecule is CN(c1ccc(CNC(=O)C=Cc2ccc(C(C)(C)C)nc2Br)cc1F)S(=O)[O-]. The largest absolute Gasteiger partial charge is 0.755 e. The second-order valence-corrected chi connectivity index (χ2v) is 9.11. The maximum absolute atomic E-state index is 14.1. The van der Waals surface area contributed by atoms with Crippen LogP contribution in [0.5, 0.6) is 0 Å². The molecule has 2 aromatic rings. The van der Waals surface area contributed by atoms with Crippen molar-refractivity contribution in [3.8, 4) is 0 Å². The maximum Gasteiger partial charge on any atom is 0.244 e. The molecule has 0 aliphatic heterocycles. The molecule has 1 aromatic heterocycles. The highest BCUT2D eigenvalue weighted by Gasteiger charge is 2.16. The quantitative estimate of drug-likeness (QED) is 0.385. The Kier molecular flexibility index (Phi) is 7.67. The summed E-state index contributed by atoms with van der Waals surface area (Å²) in [6, 6.07) is 7.89. The van der Waals surface area contributed by atoms with E-state index < -0.39 is 17.1 Å². The van der Waals surface area contributed by atoms with E-state index >= 15 is 0 Å². The maximum atomic E-state index is 14.1. The van der Waals surface area contributed by atoms with E-state index in [0.29, 0.717) is 10.2 Å². The summed E-state index contributed by atoms with van der Waals surface area (Å²) in [7, 11) is 1.24. The molecule has 0 aliphatic rings. The van der Waals surface area contributed by atoms with Crippen molar-refractivity contribution < 1.29 is 17.9 Å². The van der Waals surface area contributed by atoms with Crippen LogP contribution in [0.15, 0.2) is 41.0 Å². The van der Waals surface area contributed by atoms with Gasteiger partial charge in [0.15, 0.2) is 0 Å². The zero-order valence-corrected chi connectivity index (χ0v) is 18.9. The summed E-state index contributed by atoms with van der Waals surface area (Å²) in [5.74, 6) is -1.04. The van der Waals surface area contributed by atoms with Gasteiger partial charge in [0.25, 0.3) is 0 Å². The van der Waals surface area contributed by atoms with Crippen LogP contribution in [0.1, 0.15) is 37.6 Å². The molecule has 2 rings (SSSR count). The van der Waals surface area contributed by atoms with Gasteiger partial charge >= 0.3 is 0 Å². The molecule has 6 nitrogen and oxygen atoms in total. The third-order valence-corrected chi connectivity index (χ3v) is 5.38. The first-order chi connectivity index (χ1) is 13.5. The lowest BCUT2D eigenvalue weighted by molar-refractivity contribution is -0.116. The monoisotopic (exact) mass is 482 g/mol. The Bertz CT molecular complexity index is 960. The van der Waals surface area contributed by atoms with E-state index in [2.05, 4.69) is 47.0 Å². The molecule has 1 aromatic carbocycles. The molecule has 0 saturated heterocycles. The van der Waals surface area contributed by atoms with E-state index in [1.807, 2.05) is 12.1 Å². The molecule has 0 spiro atoms. The Morgan fingerprint density at radius 3 is 2.59 bits per heavy atom. The van der Waals surface area contributed by atoms with Gasteiger partial charge in [-0.1, -0.05) is 32.9 Å². The minimum Gasteiger partial charge on any atom is -0.755 e. The standard InChI is InChI=1S/C20H23BrFN3O3S/c1-20(2,3)17-9-6-14(19(21)24-17)7-10-18(26)23-12-13-5-8-16(15(22)11-13)25(4)29(27)28/h5-11H,12H2,1-4H3,(H,23,26)(H,27,28)/p-1. The molecule has 0 fully saturated rings. The van der Waals surface area contributed by atoms with Crippen molar-refractivity contribution in [2.24, 2.45) is 0 Å². The summed E-state index contributed by atoms with van der Waals surface area (Å²) in [6.45, 7) is 6.31. The van der Waals surface area contributed by atoms with Crippen LogP contribution in [0.25, 0.3) is 6.08 Å². The third kappa shape index (κ3) is 6.45. The number of nitrogens with zero attached hydrogens (tertiary/aromatic N) is 2. The lowest BCUT2D eigenvalue weighted by Gasteiger charge is -2.21. The number of nitrogens with one attached hydrogen (secondary N) is 1. The van der Waals surface area contributed by atoms with E-state index in [1.54, 1.807) is 12.1 Å². The average Bonchev–Trinajstić information content (AvgIpc) is 2.64. The van der Waals surface area contributed by atoms with Crippen molar-refractivity contribution in [3.05, 3.63) is 63.6 Å². The third-order valence-electron chi connectivity index (χ3n) is 4.10. The Balaban J connectivity index is 2.00. The smallest absolute Gasteiger partial charge is 0.244 e. The second kappa shape index (κ2) is 9.60. The van der Waals surface area contributed by atoms with Gasteiger partial charge in [-0.3, -0.25) is 9.00 Å². The summed E-state index contributed by atoms with van der Waals surface area (Å²) in [6.07, 6.45) is 3.01. The van der Waals surface area contributed by atoms with E-state index in [1.165, 1.54) is 25.3 Å². The highest BCUT2D eigenvalue weighted by Crippen LogP contribution is 2.24. The molecular weight excluding hydrogens is 461 g/mol. The number of rotatable bonds is 6. The molecule has 1 heterocycles. The number of hydrogen-bond acceptors (Lipinski definition) is 4. The van der Waals surface area contributed by atoms with Crippen molar-refractivity contribution in [1.29, 1.82) is 0 Å². The fourth-order valence-corrected chi connectivity index (χ4v) is 3.16. The number of benzene rings is 1. The zero-order chi connectivity index (χ0) is 21.8. The van der Waals surface area contributed by atoms with Crippen LogP contribution in [-0.4, -0.2) is 26.7 Å². The minimum atomic E-state index is -2.56. The number of carbonyl (C=O) groups excluding carboxylic acids is 1. The Labute approximate surface area is 180 Å².